The summed E-state index contributed by atoms with van der Waals surface area (Å²) in [7, 11) is 4.21. The Morgan fingerprint density at radius 1 is 1.21 bits per heavy atom. The van der Waals surface area contributed by atoms with Crippen LogP contribution in [-0.4, -0.2) is 55.0 Å². The van der Waals surface area contributed by atoms with Crippen LogP contribution in [-0.2, 0) is 4.79 Å². The van der Waals surface area contributed by atoms with Crippen molar-refractivity contribution in [3.63, 3.8) is 0 Å². The van der Waals surface area contributed by atoms with Crippen molar-refractivity contribution in [1.29, 1.82) is 0 Å². The highest BCUT2D eigenvalue weighted by Gasteiger charge is 2.37. The van der Waals surface area contributed by atoms with Crippen molar-refractivity contribution < 1.29 is 4.79 Å². The number of carbonyl (C=O) groups is 1. The molecule has 4 atom stereocenters. The Balaban J connectivity index is 2.01. The van der Waals surface area contributed by atoms with E-state index in [1.165, 1.54) is 12.8 Å². The molecule has 2 N–H and O–H groups in total. The fourth-order valence-electron chi connectivity index (χ4n) is 3.67. The van der Waals surface area contributed by atoms with Crippen LogP contribution >= 0.6 is 0 Å². The first-order valence-corrected chi connectivity index (χ1v) is 7.71. The lowest BCUT2D eigenvalue weighted by Crippen LogP contribution is -2.54. The number of nitrogens with two attached hydrogens (primary N) is 1. The smallest absolute Gasteiger partial charge is 0.227 e. The summed E-state index contributed by atoms with van der Waals surface area (Å²) in [4.78, 5) is 17.1. The van der Waals surface area contributed by atoms with Crippen LogP contribution in [0.5, 0.6) is 0 Å². The highest BCUT2D eigenvalue weighted by atomic mass is 16.2. The summed E-state index contributed by atoms with van der Waals surface area (Å²) in [5.41, 5.74) is 6.21. The SMILES string of the molecule is CC1CCCC(N)C1C(=O)N1CCCC(N(C)C)C1. The molecule has 4 nitrogen and oxygen atoms in total. The van der Waals surface area contributed by atoms with Gasteiger partial charge in [-0.3, -0.25) is 4.79 Å². The Morgan fingerprint density at radius 3 is 2.58 bits per heavy atom. The van der Waals surface area contributed by atoms with E-state index in [1.54, 1.807) is 0 Å². The Morgan fingerprint density at radius 2 is 1.95 bits per heavy atom. The van der Waals surface area contributed by atoms with Crippen molar-refractivity contribution >= 4 is 5.91 Å². The van der Waals surface area contributed by atoms with E-state index < -0.39 is 0 Å². The topological polar surface area (TPSA) is 49.6 Å². The molecule has 1 saturated heterocycles. The monoisotopic (exact) mass is 267 g/mol. The van der Waals surface area contributed by atoms with Gasteiger partial charge < -0.3 is 15.5 Å². The third kappa shape index (κ3) is 3.29. The fraction of sp³-hybridized carbons (Fsp3) is 0.933. The standard InChI is InChI=1S/C15H29N3O/c1-11-6-4-8-13(16)14(11)15(19)18-9-5-7-12(10-18)17(2)3/h11-14H,4-10,16H2,1-3H3. The summed E-state index contributed by atoms with van der Waals surface area (Å²) in [6.45, 7) is 3.98. The van der Waals surface area contributed by atoms with Gasteiger partial charge in [0.15, 0.2) is 0 Å². The zero-order chi connectivity index (χ0) is 14.0. The second kappa shape index (κ2) is 6.23. The van der Waals surface area contributed by atoms with Gasteiger partial charge in [-0.25, -0.2) is 0 Å². The van der Waals surface area contributed by atoms with Gasteiger partial charge in [0.1, 0.15) is 0 Å². The first kappa shape index (κ1) is 14.8. The molecule has 1 aliphatic heterocycles. The summed E-state index contributed by atoms with van der Waals surface area (Å²) in [5, 5.41) is 0. The van der Waals surface area contributed by atoms with E-state index in [2.05, 4.69) is 30.8 Å². The van der Waals surface area contributed by atoms with Gasteiger partial charge >= 0.3 is 0 Å². The third-order valence-corrected chi connectivity index (χ3v) is 4.99. The number of rotatable bonds is 2. The molecule has 110 valence electrons. The first-order chi connectivity index (χ1) is 9.00. The first-order valence-electron chi connectivity index (χ1n) is 7.71. The highest BCUT2D eigenvalue weighted by Crippen LogP contribution is 2.31. The Bertz CT molecular complexity index is 309. The highest BCUT2D eigenvalue weighted by molar-refractivity contribution is 5.80. The minimum absolute atomic E-state index is 0.0506. The van der Waals surface area contributed by atoms with Gasteiger partial charge in [0, 0.05) is 25.2 Å². The van der Waals surface area contributed by atoms with Gasteiger partial charge in [0.2, 0.25) is 5.91 Å². The molecule has 1 saturated carbocycles. The lowest BCUT2D eigenvalue weighted by molar-refractivity contribution is -0.141. The van der Waals surface area contributed by atoms with Crippen LogP contribution in [0.1, 0.15) is 39.0 Å². The lowest BCUT2D eigenvalue weighted by atomic mass is 9.76. The van der Waals surface area contributed by atoms with Gasteiger partial charge in [0.25, 0.3) is 0 Å². The average molecular weight is 267 g/mol. The number of hydrogen-bond acceptors (Lipinski definition) is 3. The van der Waals surface area contributed by atoms with Crippen LogP contribution < -0.4 is 5.73 Å². The van der Waals surface area contributed by atoms with Crippen LogP contribution in [0.25, 0.3) is 0 Å². The van der Waals surface area contributed by atoms with Gasteiger partial charge in [-0.15, -0.1) is 0 Å². The van der Waals surface area contributed by atoms with Crippen molar-refractivity contribution in [3.05, 3.63) is 0 Å². The van der Waals surface area contributed by atoms with Crippen LogP contribution in [0.2, 0.25) is 0 Å². The number of nitrogens with zero attached hydrogens (tertiary/aromatic N) is 2. The van der Waals surface area contributed by atoms with Crippen LogP contribution in [0.15, 0.2) is 0 Å². The number of amides is 1. The average Bonchev–Trinajstić information content (AvgIpc) is 2.38. The Labute approximate surface area is 117 Å². The fourth-order valence-corrected chi connectivity index (χ4v) is 3.67. The quantitative estimate of drug-likeness (QED) is 0.820. The van der Waals surface area contributed by atoms with E-state index in [1.807, 2.05) is 0 Å². The van der Waals surface area contributed by atoms with Crippen LogP contribution in [0.3, 0.4) is 0 Å². The van der Waals surface area contributed by atoms with E-state index in [0.717, 1.165) is 32.4 Å². The van der Waals surface area contributed by atoms with Gasteiger partial charge in [-0.2, -0.15) is 0 Å². The molecule has 2 fully saturated rings. The molecule has 1 heterocycles. The predicted octanol–water partition coefficient (Wildman–Crippen LogP) is 1.30. The van der Waals surface area contributed by atoms with Crippen molar-refractivity contribution in [2.45, 2.75) is 51.1 Å². The number of carbonyl (C=O) groups excluding carboxylic acids is 1. The zero-order valence-electron chi connectivity index (χ0n) is 12.6. The van der Waals surface area contributed by atoms with E-state index in [-0.39, 0.29) is 12.0 Å². The summed E-state index contributed by atoms with van der Waals surface area (Å²) in [6.07, 6.45) is 5.64. The maximum Gasteiger partial charge on any atom is 0.227 e. The van der Waals surface area contributed by atoms with E-state index in [0.29, 0.717) is 17.9 Å². The molecule has 0 aromatic rings. The van der Waals surface area contributed by atoms with E-state index in [4.69, 9.17) is 5.73 Å². The number of likely N-dealkylation sites (N-methyl/N-ethyl adjacent to an activating group) is 1. The number of likely N-dealkylation sites (tertiary alicyclic amines) is 1. The second-order valence-electron chi connectivity index (χ2n) is 6.64. The molecule has 0 aromatic heterocycles. The molecule has 1 amide bonds. The minimum Gasteiger partial charge on any atom is -0.341 e. The van der Waals surface area contributed by atoms with E-state index >= 15 is 0 Å². The van der Waals surface area contributed by atoms with Crippen LogP contribution in [0.4, 0.5) is 0 Å². The molecule has 2 aliphatic rings. The molecule has 4 unspecified atom stereocenters. The number of hydrogen-bond donors (Lipinski definition) is 1. The number of piperidine rings is 1. The van der Waals surface area contributed by atoms with Crippen molar-refractivity contribution in [3.8, 4) is 0 Å². The molecule has 2 rings (SSSR count). The molecule has 4 heteroatoms. The molecule has 0 bridgehead atoms. The van der Waals surface area contributed by atoms with Crippen molar-refractivity contribution in [2.24, 2.45) is 17.6 Å². The third-order valence-electron chi connectivity index (χ3n) is 4.99. The Hall–Kier alpha value is -0.610. The predicted molar refractivity (Wildman–Crippen MR) is 77.8 cm³/mol. The Kier molecular flexibility index (Phi) is 4.85. The summed E-state index contributed by atoms with van der Waals surface area (Å²) in [6, 6.07) is 0.573. The largest absolute Gasteiger partial charge is 0.341 e. The van der Waals surface area contributed by atoms with Crippen molar-refractivity contribution in [1.82, 2.24) is 9.80 Å². The van der Waals surface area contributed by atoms with Crippen molar-refractivity contribution in [2.75, 3.05) is 27.2 Å². The molecule has 1 aliphatic carbocycles. The maximum absolute atomic E-state index is 12.8. The van der Waals surface area contributed by atoms with Gasteiger partial charge in [-0.1, -0.05) is 13.3 Å². The van der Waals surface area contributed by atoms with Gasteiger partial charge in [0.05, 0.1) is 5.92 Å². The molecular formula is C15H29N3O. The maximum atomic E-state index is 12.8. The molecule has 0 spiro atoms. The summed E-state index contributed by atoms with van der Waals surface area (Å²) < 4.78 is 0. The second-order valence-corrected chi connectivity index (χ2v) is 6.64. The van der Waals surface area contributed by atoms with E-state index in [9.17, 15) is 4.79 Å². The molecule has 0 aromatic carbocycles. The summed E-state index contributed by atoms with van der Waals surface area (Å²) in [5.74, 6) is 0.803. The van der Waals surface area contributed by atoms with Gasteiger partial charge in [-0.05, 0) is 45.7 Å². The minimum atomic E-state index is 0.0506. The normalized spacial score (nSPS) is 36.6. The zero-order valence-corrected chi connectivity index (χ0v) is 12.6. The molecular weight excluding hydrogens is 238 g/mol. The lowest BCUT2D eigenvalue weighted by Gasteiger charge is -2.41. The van der Waals surface area contributed by atoms with Crippen LogP contribution in [0, 0.1) is 11.8 Å². The molecule has 0 radical (unpaired) electrons. The summed E-state index contributed by atoms with van der Waals surface area (Å²) >= 11 is 0. The molecule has 19 heavy (non-hydrogen) atoms.